The van der Waals surface area contributed by atoms with Gasteiger partial charge in [0.25, 0.3) is 0 Å². The topological polar surface area (TPSA) is 38.3 Å². The Bertz CT molecular complexity index is 395. The summed E-state index contributed by atoms with van der Waals surface area (Å²) in [6.45, 7) is 2.69. The maximum atomic E-state index is 13.3. The molecule has 0 saturated carbocycles. The van der Waals surface area contributed by atoms with Crippen molar-refractivity contribution in [2.24, 2.45) is 0 Å². The fraction of sp³-hybridized carbons (Fsp3) is 0.462. The Morgan fingerprint density at radius 3 is 2.63 bits per heavy atom. The van der Waals surface area contributed by atoms with Gasteiger partial charge in [-0.05, 0) is 31.5 Å². The Labute approximate surface area is 115 Å². The Morgan fingerprint density at radius 1 is 1.32 bits per heavy atom. The third-order valence-corrected chi connectivity index (χ3v) is 3.10. The fourth-order valence-electron chi connectivity index (χ4n) is 1.52. The third kappa shape index (κ3) is 6.54. The van der Waals surface area contributed by atoms with Crippen molar-refractivity contribution in [3.8, 4) is 0 Å². The highest BCUT2D eigenvalue weighted by Crippen LogP contribution is 2.13. The van der Waals surface area contributed by atoms with E-state index >= 15 is 0 Å². The SMILES string of the molecule is CC(=O)OSCCNCCCc1c(F)cccc1F. The molecule has 0 aromatic heterocycles. The molecule has 6 heteroatoms. The normalized spacial score (nSPS) is 10.5. The Balaban J connectivity index is 2.09. The maximum Gasteiger partial charge on any atom is 0.314 e. The van der Waals surface area contributed by atoms with Crippen LogP contribution < -0.4 is 5.32 Å². The first kappa shape index (κ1) is 15.9. The first-order valence-corrected chi connectivity index (χ1v) is 6.96. The van der Waals surface area contributed by atoms with E-state index in [1.54, 1.807) is 0 Å². The first-order chi connectivity index (χ1) is 9.11. The van der Waals surface area contributed by atoms with Crippen LogP contribution in [0.5, 0.6) is 0 Å². The van der Waals surface area contributed by atoms with Gasteiger partial charge in [-0.2, -0.15) is 0 Å². The number of rotatable bonds is 8. The van der Waals surface area contributed by atoms with E-state index in [1.807, 2.05) is 0 Å². The summed E-state index contributed by atoms with van der Waals surface area (Å²) >= 11 is 1.09. The molecule has 19 heavy (non-hydrogen) atoms. The van der Waals surface area contributed by atoms with Crippen LogP contribution in [0.25, 0.3) is 0 Å². The van der Waals surface area contributed by atoms with Gasteiger partial charge in [0, 0.05) is 24.8 Å². The van der Waals surface area contributed by atoms with Crippen LogP contribution in [0.1, 0.15) is 18.9 Å². The zero-order chi connectivity index (χ0) is 14.1. The van der Waals surface area contributed by atoms with Crippen molar-refractivity contribution in [3.05, 3.63) is 35.4 Å². The summed E-state index contributed by atoms with van der Waals surface area (Å²) in [5.41, 5.74) is 0.138. The zero-order valence-electron chi connectivity index (χ0n) is 10.7. The van der Waals surface area contributed by atoms with Crippen molar-refractivity contribution in [2.75, 3.05) is 18.8 Å². The van der Waals surface area contributed by atoms with Crippen LogP contribution in [-0.2, 0) is 15.4 Å². The van der Waals surface area contributed by atoms with E-state index in [4.69, 9.17) is 0 Å². The van der Waals surface area contributed by atoms with Crippen LogP contribution in [0.2, 0.25) is 0 Å². The number of carbonyl (C=O) groups excluding carboxylic acids is 1. The predicted octanol–water partition coefficient (Wildman–Crippen LogP) is 2.70. The molecular formula is C13H17F2NO2S. The van der Waals surface area contributed by atoms with Crippen LogP contribution >= 0.6 is 12.0 Å². The standard InChI is InChI=1S/C13H17F2NO2S/c1-10(17)18-19-9-8-16-7-3-4-11-12(14)5-2-6-13(11)15/h2,5-6,16H,3-4,7-9H2,1H3. The molecule has 1 aromatic rings. The molecule has 1 rings (SSSR count). The van der Waals surface area contributed by atoms with Crippen LogP contribution in [-0.4, -0.2) is 24.8 Å². The molecule has 1 aromatic carbocycles. The summed E-state index contributed by atoms with van der Waals surface area (Å²) in [6.07, 6.45) is 1.01. The minimum absolute atomic E-state index is 0.138. The maximum absolute atomic E-state index is 13.3. The summed E-state index contributed by atoms with van der Waals surface area (Å²) in [7, 11) is 0. The van der Waals surface area contributed by atoms with Gasteiger partial charge in [0.2, 0.25) is 0 Å². The quantitative estimate of drug-likeness (QED) is 0.590. The van der Waals surface area contributed by atoms with Crippen molar-refractivity contribution in [3.63, 3.8) is 0 Å². The Morgan fingerprint density at radius 2 is 2.00 bits per heavy atom. The molecule has 0 aliphatic rings. The number of nitrogens with one attached hydrogen (secondary N) is 1. The van der Waals surface area contributed by atoms with E-state index in [0.29, 0.717) is 31.7 Å². The molecule has 0 heterocycles. The van der Waals surface area contributed by atoms with Crippen molar-refractivity contribution in [1.82, 2.24) is 5.32 Å². The lowest BCUT2D eigenvalue weighted by Crippen LogP contribution is -2.19. The van der Waals surface area contributed by atoms with Gasteiger partial charge in [0.1, 0.15) is 11.6 Å². The highest BCUT2D eigenvalue weighted by molar-refractivity contribution is 7.95. The Hall–Kier alpha value is -1.14. The van der Waals surface area contributed by atoms with E-state index in [-0.39, 0.29) is 11.5 Å². The number of halogens is 2. The molecule has 0 saturated heterocycles. The van der Waals surface area contributed by atoms with E-state index in [2.05, 4.69) is 9.50 Å². The number of hydrogen-bond acceptors (Lipinski definition) is 4. The van der Waals surface area contributed by atoms with Crippen molar-refractivity contribution < 1.29 is 17.8 Å². The highest BCUT2D eigenvalue weighted by atomic mass is 32.2. The number of carbonyl (C=O) groups is 1. The second kappa shape index (κ2) is 8.87. The first-order valence-electron chi connectivity index (χ1n) is 6.05. The van der Waals surface area contributed by atoms with Gasteiger partial charge < -0.3 is 9.50 Å². The van der Waals surface area contributed by atoms with E-state index < -0.39 is 11.6 Å². The predicted molar refractivity (Wildman–Crippen MR) is 71.8 cm³/mol. The smallest absolute Gasteiger partial charge is 0.314 e. The zero-order valence-corrected chi connectivity index (χ0v) is 11.6. The summed E-state index contributed by atoms with van der Waals surface area (Å²) < 4.78 is 31.3. The minimum Gasteiger partial charge on any atom is -0.392 e. The monoisotopic (exact) mass is 289 g/mol. The molecule has 106 valence electrons. The second-order valence-electron chi connectivity index (χ2n) is 3.95. The van der Waals surface area contributed by atoms with Gasteiger partial charge in [-0.15, -0.1) is 0 Å². The summed E-state index contributed by atoms with van der Waals surface area (Å²) in [5, 5.41) is 3.11. The van der Waals surface area contributed by atoms with E-state index in [1.165, 1.54) is 25.1 Å². The molecule has 0 spiro atoms. The lowest BCUT2D eigenvalue weighted by atomic mass is 10.1. The molecule has 1 N–H and O–H groups in total. The minimum atomic E-state index is -0.495. The van der Waals surface area contributed by atoms with Gasteiger partial charge in [0.15, 0.2) is 0 Å². The van der Waals surface area contributed by atoms with Crippen LogP contribution in [0.3, 0.4) is 0 Å². The van der Waals surface area contributed by atoms with Crippen LogP contribution in [0.15, 0.2) is 18.2 Å². The average molecular weight is 289 g/mol. The second-order valence-corrected chi connectivity index (χ2v) is 4.76. The van der Waals surface area contributed by atoms with E-state index in [9.17, 15) is 13.6 Å². The van der Waals surface area contributed by atoms with Crippen molar-refractivity contribution in [1.29, 1.82) is 0 Å². The lowest BCUT2D eigenvalue weighted by molar-refractivity contribution is -0.130. The van der Waals surface area contributed by atoms with Crippen molar-refractivity contribution in [2.45, 2.75) is 19.8 Å². The molecule has 0 amide bonds. The average Bonchev–Trinajstić information content (AvgIpc) is 2.35. The molecular weight excluding hydrogens is 272 g/mol. The third-order valence-electron chi connectivity index (χ3n) is 2.38. The molecule has 0 radical (unpaired) electrons. The van der Waals surface area contributed by atoms with Gasteiger partial charge in [-0.1, -0.05) is 6.07 Å². The molecule has 0 bridgehead atoms. The molecule has 0 aliphatic carbocycles. The summed E-state index contributed by atoms with van der Waals surface area (Å²) in [4.78, 5) is 10.5. The van der Waals surface area contributed by atoms with Gasteiger partial charge >= 0.3 is 5.97 Å². The summed E-state index contributed by atoms with van der Waals surface area (Å²) in [5.74, 6) is -0.663. The highest BCUT2D eigenvalue weighted by Gasteiger charge is 2.07. The van der Waals surface area contributed by atoms with Gasteiger partial charge in [-0.25, -0.2) is 8.78 Å². The molecule has 0 unspecified atom stereocenters. The molecule has 0 atom stereocenters. The van der Waals surface area contributed by atoms with Crippen LogP contribution in [0.4, 0.5) is 8.78 Å². The summed E-state index contributed by atoms with van der Waals surface area (Å²) in [6, 6.07) is 3.89. The van der Waals surface area contributed by atoms with E-state index in [0.717, 1.165) is 12.0 Å². The largest absolute Gasteiger partial charge is 0.392 e. The van der Waals surface area contributed by atoms with Gasteiger partial charge in [0.05, 0.1) is 12.0 Å². The van der Waals surface area contributed by atoms with Gasteiger partial charge in [-0.3, -0.25) is 4.79 Å². The lowest BCUT2D eigenvalue weighted by Gasteiger charge is -2.06. The molecule has 3 nitrogen and oxygen atoms in total. The Kier molecular flexibility index (Phi) is 7.43. The molecule has 0 aliphatic heterocycles. The van der Waals surface area contributed by atoms with Crippen LogP contribution in [0, 0.1) is 11.6 Å². The molecule has 0 fully saturated rings. The fourth-order valence-corrected chi connectivity index (χ4v) is 2.00. The number of hydrogen-bond donors (Lipinski definition) is 1. The number of benzene rings is 1. The van der Waals surface area contributed by atoms with Crippen molar-refractivity contribution >= 4 is 18.0 Å².